The first-order valence-electron chi connectivity index (χ1n) is 11.0. The number of nitro benzene ring substituents is 1. The number of nitrogens with zero attached hydrogens (tertiary/aromatic N) is 5. The molecular formula is C24H29N5O3. The molecule has 1 aliphatic rings. The van der Waals surface area contributed by atoms with E-state index in [0.29, 0.717) is 23.6 Å². The highest BCUT2D eigenvalue weighted by Gasteiger charge is 2.19. The van der Waals surface area contributed by atoms with Gasteiger partial charge >= 0.3 is 0 Å². The maximum atomic E-state index is 11.3. The van der Waals surface area contributed by atoms with Crippen LogP contribution in [-0.4, -0.2) is 66.2 Å². The Hall–Kier alpha value is -3.23. The van der Waals surface area contributed by atoms with Crippen molar-refractivity contribution in [1.29, 1.82) is 0 Å². The van der Waals surface area contributed by atoms with Gasteiger partial charge in [-0.2, -0.15) is 0 Å². The minimum Gasteiger partial charge on any atom is -0.369 e. The molecule has 0 spiro atoms. The maximum absolute atomic E-state index is 11.3. The van der Waals surface area contributed by atoms with E-state index in [4.69, 9.17) is 4.52 Å². The van der Waals surface area contributed by atoms with E-state index >= 15 is 0 Å². The molecule has 3 aromatic rings. The molecule has 0 aliphatic carbocycles. The Morgan fingerprint density at radius 2 is 1.78 bits per heavy atom. The van der Waals surface area contributed by atoms with Gasteiger partial charge in [0.25, 0.3) is 5.69 Å². The quantitative estimate of drug-likeness (QED) is 0.373. The topological polar surface area (TPSA) is 78.9 Å². The molecule has 0 bridgehead atoms. The molecule has 8 nitrogen and oxygen atoms in total. The van der Waals surface area contributed by atoms with Crippen LogP contribution in [0.15, 0.2) is 65.2 Å². The van der Waals surface area contributed by atoms with Gasteiger partial charge in [0, 0.05) is 44.0 Å². The first kappa shape index (κ1) is 22.0. The van der Waals surface area contributed by atoms with E-state index in [0.717, 1.165) is 45.7 Å². The fourth-order valence-electron chi connectivity index (χ4n) is 4.14. The van der Waals surface area contributed by atoms with Gasteiger partial charge in [0.15, 0.2) is 5.76 Å². The molecule has 0 atom stereocenters. The van der Waals surface area contributed by atoms with E-state index < -0.39 is 4.92 Å². The fraction of sp³-hybridized carbons (Fsp3) is 0.375. The first-order valence-corrected chi connectivity index (χ1v) is 11.0. The predicted octanol–water partition coefficient (Wildman–Crippen LogP) is 3.89. The molecule has 168 valence electrons. The second-order valence-corrected chi connectivity index (χ2v) is 8.21. The molecule has 2 heterocycles. The van der Waals surface area contributed by atoms with Gasteiger partial charge in [-0.15, -0.1) is 0 Å². The Bertz CT molecular complexity index is 1020. The lowest BCUT2D eigenvalue weighted by Crippen LogP contribution is -2.47. The largest absolute Gasteiger partial charge is 0.369 e. The van der Waals surface area contributed by atoms with E-state index in [1.54, 1.807) is 24.3 Å². The van der Waals surface area contributed by atoms with Crippen molar-refractivity contribution in [2.45, 2.75) is 13.0 Å². The molecule has 1 aromatic heterocycles. The number of benzene rings is 2. The summed E-state index contributed by atoms with van der Waals surface area (Å²) in [5, 5.41) is 15.3. The fourth-order valence-corrected chi connectivity index (χ4v) is 4.14. The lowest BCUT2D eigenvalue weighted by molar-refractivity contribution is -0.384. The Morgan fingerprint density at radius 1 is 1.06 bits per heavy atom. The van der Waals surface area contributed by atoms with Gasteiger partial charge in [-0.25, -0.2) is 0 Å². The normalized spacial score (nSPS) is 14.8. The average molecular weight is 436 g/mol. The Balaban J connectivity index is 1.21. The third kappa shape index (κ3) is 5.52. The number of aromatic nitrogens is 1. The van der Waals surface area contributed by atoms with Crippen LogP contribution in [-0.2, 0) is 6.54 Å². The molecule has 0 radical (unpaired) electrons. The Labute approximate surface area is 188 Å². The van der Waals surface area contributed by atoms with Crippen molar-refractivity contribution in [1.82, 2.24) is 15.0 Å². The zero-order valence-corrected chi connectivity index (χ0v) is 18.4. The van der Waals surface area contributed by atoms with E-state index in [-0.39, 0.29) is 5.69 Å². The number of rotatable bonds is 9. The van der Waals surface area contributed by atoms with Crippen LogP contribution in [0.4, 0.5) is 11.4 Å². The average Bonchev–Trinajstić information content (AvgIpc) is 3.28. The van der Waals surface area contributed by atoms with Crippen LogP contribution in [0.2, 0.25) is 0 Å². The molecule has 8 heteroatoms. The summed E-state index contributed by atoms with van der Waals surface area (Å²) in [5.74, 6) is 0.706. The zero-order valence-electron chi connectivity index (χ0n) is 18.4. The molecule has 32 heavy (non-hydrogen) atoms. The molecule has 0 N–H and O–H groups in total. The molecule has 2 aromatic carbocycles. The van der Waals surface area contributed by atoms with Gasteiger partial charge in [-0.1, -0.05) is 35.5 Å². The van der Waals surface area contributed by atoms with E-state index in [1.165, 1.54) is 11.8 Å². The standard InChI is InChI=1S/C24H29N5O3/c1-26(12-7-13-27-14-16-28(17-15-27)20-8-3-2-4-9-20)19-21-18-23(25-32-21)22-10-5-6-11-24(22)29(30)31/h2-6,8-11,18H,7,12-17,19H2,1H3. The number of hydrogen-bond acceptors (Lipinski definition) is 7. The minimum absolute atomic E-state index is 0.0352. The van der Waals surface area contributed by atoms with Gasteiger partial charge < -0.3 is 9.42 Å². The van der Waals surface area contributed by atoms with E-state index in [2.05, 4.69) is 57.2 Å². The van der Waals surface area contributed by atoms with Gasteiger partial charge in [-0.05, 0) is 44.8 Å². The van der Waals surface area contributed by atoms with Crippen LogP contribution in [0.25, 0.3) is 11.3 Å². The molecule has 1 saturated heterocycles. The molecule has 0 amide bonds. The Morgan fingerprint density at radius 3 is 2.53 bits per heavy atom. The molecular weight excluding hydrogens is 406 g/mol. The zero-order chi connectivity index (χ0) is 22.3. The van der Waals surface area contributed by atoms with Crippen molar-refractivity contribution >= 4 is 11.4 Å². The summed E-state index contributed by atoms with van der Waals surface area (Å²) in [6.07, 6.45) is 1.08. The second kappa shape index (κ2) is 10.4. The summed E-state index contributed by atoms with van der Waals surface area (Å²) in [7, 11) is 2.06. The third-order valence-electron chi connectivity index (χ3n) is 5.87. The predicted molar refractivity (Wildman–Crippen MR) is 125 cm³/mol. The molecule has 1 aliphatic heterocycles. The van der Waals surface area contributed by atoms with Crippen molar-refractivity contribution < 1.29 is 9.45 Å². The molecule has 4 rings (SSSR count). The summed E-state index contributed by atoms with van der Waals surface area (Å²) >= 11 is 0. The highest BCUT2D eigenvalue weighted by Crippen LogP contribution is 2.29. The lowest BCUT2D eigenvalue weighted by Gasteiger charge is -2.36. The number of piperazine rings is 1. The first-order chi connectivity index (χ1) is 15.6. The minimum atomic E-state index is -0.393. The molecule has 1 fully saturated rings. The third-order valence-corrected chi connectivity index (χ3v) is 5.87. The van der Waals surface area contributed by atoms with E-state index in [1.807, 2.05) is 0 Å². The van der Waals surface area contributed by atoms with Crippen molar-refractivity contribution in [3.05, 3.63) is 76.5 Å². The van der Waals surface area contributed by atoms with Crippen LogP contribution in [0, 0.1) is 10.1 Å². The highest BCUT2D eigenvalue weighted by atomic mass is 16.6. The summed E-state index contributed by atoms with van der Waals surface area (Å²) in [6, 6.07) is 19.0. The van der Waals surface area contributed by atoms with Crippen molar-refractivity contribution in [3.8, 4) is 11.3 Å². The smallest absolute Gasteiger partial charge is 0.278 e. The molecule has 0 unspecified atom stereocenters. The summed E-state index contributed by atoms with van der Waals surface area (Å²) in [6.45, 7) is 6.93. The van der Waals surface area contributed by atoms with Gasteiger partial charge in [0.05, 0.1) is 17.0 Å². The van der Waals surface area contributed by atoms with E-state index in [9.17, 15) is 10.1 Å². The molecule has 0 saturated carbocycles. The van der Waals surface area contributed by atoms with Crippen molar-refractivity contribution in [2.24, 2.45) is 0 Å². The number of para-hydroxylation sites is 2. The van der Waals surface area contributed by atoms with Gasteiger partial charge in [0.2, 0.25) is 0 Å². The number of anilines is 1. The Kier molecular flexibility index (Phi) is 7.14. The van der Waals surface area contributed by atoms with Crippen LogP contribution in [0.5, 0.6) is 0 Å². The van der Waals surface area contributed by atoms with Crippen molar-refractivity contribution in [3.63, 3.8) is 0 Å². The second-order valence-electron chi connectivity index (χ2n) is 8.21. The lowest BCUT2D eigenvalue weighted by atomic mass is 10.1. The van der Waals surface area contributed by atoms with Crippen LogP contribution >= 0.6 is 0 Å². The van der Waals surface area contributed by atoms with Crippen LogP contribution in [0.3, 0.4) is 0 Å². The number of nitro groups is 1. The summed E-state index contributed by atoms with van der Waals surface area (Å²) in [4.78, 5) is 18.0. The highest BCUT2D eigenvalue weighted by molar-refractivity contribution is 5.70. The van der Waals surface area contributed by atoms with Gasteiger partial charge in [0.1, 0.15) is 5.69 Å². The maximum Gasteiger partial charge on any atom is 0.278 e. The SMILES string of the molecule is CN(CCCN1CCN(c2ccccc2)CC1)Cc1cc(-c2ccccc2[N+](=O)[O-])no1. The van der Waals surface area contributed by atoms with Crippen molar-refractivity contribution in [2.75, 3.05) is 51.2 Å². The summed E-state index contributed by atoms with van der Waals surface area (Å²) in [5.41, 5.74) is 2.31. The van der Waals surface area contributed by atoms with Crippen LogP contribution < -0.4 is 4.90 Å². The monoisotopic (exact) mass is 435 g/mol. The summed E-state index contributed by atoms with van der Waals surface area (Å²) < 4.78 is 5.44. The van der Waals surface area contributed by atoms with Crippen LogP contribution in [0.1, 0.15) is 12.2 Å². The van der Waals surface area contributed by atoms with Gasteiger partial charge in [-0.3, -0.25) is 19.9 Å². The number of hydrogen-bond donors (Lipinski definition) is 0.